The van der Waals surface area contributed by atoms with Gasteiger partial charge in [0.2, 0.25) is 0 Å². The molecule has 1 aromatic carbocycles. The SMILES string of the molecule is O=[N+]([O-])c1ccccc1NCCOP(=O)(O)OP(=O)([O-])O.[Be+2].[F-].[F-].[F-]. The summed E-state index contributed by atoms with van der Waals surface area (Å²) in [5, 5.41) is 13.3. The van der Waals surface area contributed by atoms with Crippen LogP contribution < -0.4 is 24.3 Å². The number of benzene rings is 1. The van der Waals surface area contributed by atoms with Crippen molar-refractivity contribution in [3.63, 3.8) is 0 Å². The number of para-hydroxylation sites is 2. The average Bonchev–Trinajstić information content (AvgIpc) is 2.32. The van der Waals surface area contributed by atoms with Gasteiger partial charge in [0.05, 0.1) is 11.5 Å². The summed E-state index contributed by atoms with van der Waals surface area (Å²) in [6.45, 7) is -0.646. The largest absolute Gasteiger partial charge is 2.00 e. The fourth-order valence-electron chi connectivity index (χ4n) is 1.28. The molecule has 0 saturated heterocycles. The van der Waals surface area contributed by atoms with Crippen molar-refractivity contribution in [2.75, 3.05) is 18.5 Å². The van der Waals surface area contributed by atoms with Crippen LogP contribution in [0.15, 0.2) is 24.3 Å². The monoisotopic (exact) mass is 407 g/mol. The van der Waals surface area contributed by atoms with Gasteiger partial charge in [-0.2, -0.15) is 0 Å². The van der Waals surface area contributed by atoms with E-state index in [1.54, 1.807) is 0 Å². The van der Waals surface area contributed by atoms with E-state index in [-0.39, 0.29) is 42.2 Å². The first kappa shape index (κ1) is 31.4. The number of nitrogens with zero attached hydrogens (tertiary/aromatic N) is 1. The van der Waals surface area contributed by atoms with Gasteiger partial charge in [0, 0.05) is 12.6 Å². The van der Waals surface area contributed by atoms with Gasteiger partial charge in [-0.15, -0.1) is 0 Å². The first-order valence-corrected chi connectivity index (χ1v) is 8.29. The normalized spacial score (nSPS) is 14.0. The molecular weight excluding hydrogens is 396 g/mol. The van der Waals surface area contributed by atoms with Crippen LogP contribution in [0.1, 0.15) is 0 Å². The van der Waals surface area contributed by atoms with E-state index in [4.69, 9.17) is 9.79 Å². The van der Waals surface area contributed by atoms with Crippen LogP contribution in [0, 0.1) is 10.1 Å². The average molecular weight is 407 g/mol. The molecule has 0 aliphatic rings. The predicted octanol–water partition coefficient (Wildman–Crippen LogP) is -8.77. The van der Waals surface area contributed by atoms with Crippen LogP contribution in [0.2, 0.25) is 0 Å². The van der Waals surface area contributed by atoms with Gasteiger partial charge in [-0.3, -0.25) is 19.2 Å². The van der Waals surface area contributed by atoms with Gasteiger partial charge >= 0.3 is 17.9 Å². The number of rotatable bonds is 8. The molecule has 3 N–H and O–H groups in total. The molecule has 0 amide bonds. The number of hydrogen-bond donors (Lipinski definition) is 3. The van der Waals surface area contributed by atoms with Gasteiger partial charge in [-0.05, 0) is 6.07 Å². The van der Waals surface area contributed by atoms with Crippen LogP contribution in [0.5, 0.6) is 0 Å². The molecule has 0 aromatic heterocycles. The molecule has 0 bridgehead atoms. The second-order valence-corrected chi connectivity index (χ2v) is 6.34. The number of halogens is 3. The molecule has 11 nitrogen and oxygen atoms in total. The van der Waals surface area contributed by atoms with Crippen LogP contribution in [0.25, 0.3) is 0 Å². The molecule has 0 saturated carbocycles. The number of nitro benzene ring substituents is 1. The van der Waals surface area contributed by atoms with Gasteiger partial charge in [-0.1, -0.05) is 12.1 Å². The van der Waals surface area contributed by atoms with Crippen molar-refractivity contribution in [3.8, 4) is 0 Å². The fraction of sp³-hybridized carbons (Fsp3) is 0.250. The van der Waals surface area contributed by atoms with E-state index in [0.29, 0.717) is 0 Å². The summed E-state index contributed by atoms with van der Waals surface area (Å²) in [6.07, 6.45) is 0. The van der Waals surface area contributed by atoms with E-state index in [0.717, 1.165) is 0 Å². The minimum Gasteiger partial charge on any atom is -1.00 e. The molecule has 0 radical (unpaired) electrons. The van der Waals surface area contributed by atoms with E-state index >= 15 is 0 Å². The minimum atomic E-state index is -5.41. The summed E-state index contributed by atoms with van der Waals surface area (Å²) in [4.78, 5) is 37.6. The van der Waals surface area contributed by atoms with Gasteiger partial charge in [0.15, 0.2) is 0 Å². The van der Waals surface area contributed by atoms with Gasteiger partial charge < -0.3 is 34.1 Å². The molecule has 1 rings (SSSR count). The summed E-state index contributed by atoms with van der Waals surface area (Å²) in [5.74, 6) is 0. The summed E-state index contributed by atoms with van der Waals surface area (Å²) < 4.78 is 29.0. The first-order chi connectivity index (χ1) is 9.61. The molecule has 0 aliphatic heterocycles. The molecule has 0 spiro atoms. The topological polar surface area (TPSA) is 171 Å². The van der Waals surface area contributed by atoms with Crippen LogP contribution >= 0.6 is 15.6 Å². The third-order valence-electron chi connectivity index (χ3n) is 1.98. The summed E-state index contributed by atoms with van der Waals surface area (Å²) >= 11 is 0. The maximum atomic E-state index is 11.1. The Morgan fingerprint density at radius 2 is 1.68 bits per heavy atom. The predicted molar refractivity (Wildman–Crippen MR) is 74.0 cm³/mol. The molecule has 0 aliphatic carbocycles. The number of nitro groups is 1. The molecule has 0 fully saturated rings. The van der Waals surface area contributed by atoms with Crippen molar-refractivity contribution in [1.82, 2.24) is 0 Å². The Morgan fingerprint density at radius 1 is 1.16 bits per heavy atom. The molecule has 0 heterocycles. The Kier molecular flexibility index (Phi) is 16.2. The number of phosphoric acid groups is 2. The minimum absolute atomic E-state index is 0. The fourth-order valence-corrected chi connectivity index (χ4v) is 2.84. The number of nitrogens with one attached hydrogen (secondary N) is 1. The van der Waals surface area contributed by atoms with Crippen molar-refractivity contribution in [2.45, 2.75) is 0 Å². The summed E-state index contributed by atoms with van der Waals surface area (Å²) in [5.41, 5.74) is -0.0585. The number of phosphoric ester groups is 1. The zero-order chi connectivity index (χ0) is 16.1. The Morgan fingerprint density at radius 3 is 2.16 bits per heavy atom. The zero-order valence-corrected chi connectivity index (χ0v) is 13.9. The summed E-state index contributed by atoms with van der Waals surface area (Å²) in [6, 6.07) is 5.66. The second kappa shape index (κ2) is 12.9. The molecule has 2 atom stereocenters. The quantitative estimate of drug-likeness (QED) is 0.124. The molecule has 17 heteroatoms. The van der Waals surface area contributed by atoms with E-state index in [1.807, 2.05) is 0 Å². The van der Waals surface area contributed by atoms with Crippen LogP contribution in [0.4, 0.5) is 11.4 Å². The summed E-state index contributed by atoms with van der Waals surface area (Å²) in [7, 11) is -10.4. The Hall–Kier alpha value is -1.36. The van der Waals surface area contributed by atoms with Crippen LogP contribution in [0.3, 0.4) is 0 Å². The van der Waals surface area contributed by atoms with Crippen molar-refractivity contribution >= 4 is 37.1 Å². The first-order valence-electron chi connectivity index (χ1n) is 5.30. The van der Waals surface area contributed by atoms with Gasteiger partial charge in [-0.25, -0.2) is 8.88 Å². The zero-order valence-electron chi connectivity index (χ0n) is 12.2. The number of anilines is 1. The van der Waals surface area contributed by atoms with E-state index in [1.165, 1.54) is 24.3 Å². The molecule has 25 heavy (non-hydrogen) atoms. The van der Waals surface area contributed by atoms with Gasteiger partial charge in [0.1, 0.15) is 5.69 Å². The van der Waals surface area contributed by atoms with Crippen molar-refractivity contribution in [1.29, 1.82) is 0 Å². The second-order valence-electron chi connectivity index (χ2n) is 3.55. The van der Waals surface area contributed by atoms with Gasteiger partial charge in [0.25, 0.3) is 13.5 Å². The van der Waals surface area contributed by atoms with Crippen molar-refractivity contribution in [3.05, 3.63) is 34.4 Å². The van der Waals surface area contributed by atoms with Crippen molar-refractivity contribution < 1.29 is 51.7 Å². The molecule has 142 valence electrons. The third-order valence-corrected chi connectivity index (χ3v) is 4.14. The van der Waals surface area contributed by atoms with E-state index in [9.17, 15) is 24.1 Å². The van der Waals surface area contributed by atoms with Crippen molar-refractivity contribution in [2.24, 2.45) is 0 Å². The Balaban J connectivity index is -0.000000551. The molecule has 1 aromatic rings. The maximum Gasteiger partial charge on any atom is 2.00 e. The standard InChI is InChI=1S/C8H12N2O9P2.Be.3FH/c11-10(12)8-4-2-1-3-7(8)9-5-6-18-21(16,17)19-20(13,14)15;;;;/h1-4,9H,5-6H2,(H,16,17)(H2,13,14,15);;3*1H/q;+2;;;/p-4. The molecule has 2 unspecified atom stereocenters. The van der Waals surface area contributed by atoms with E-state index in [2.05, 4.69) is 14.2 Å². The molecular formula is C8H11BeF3N2O9P2-2. The number of hydrogen-bond acceptors (Lipinski definition) is 8. The van der Waals surface area contributed by atoms with E-state index < -0.39 is 27.2 Å². The Labute approximate surface area is 142 Å². The maximum absolute atomic E-state index is 11.1. The van der Waals surface area contributed by atoms with Crippen LogP contribution in [-0.4, -0.2) is 38.0 Å². The Bertz CT molecular complexity index is 620. The third kappa shape index (κ3) is 12.6. The smallest absolute Gasteiger partial charge is 1.00 e. The van der Waals surface area contributed by atoms with Crippen LogP contribution in [-0.2, 0) is 18.0 Å².